The van der Waals surface area contributed by atoms with Crippen LogP contribution in [0.25, 0.3) is 33.1 Å². The Morgan fingerprint density at radius 3 is 2.40 bits per heavy atom. The van der Waals surface area contributed by atoms with Gasteiger partial charge in [-0.05, 0) is 45.7 Å². The van der Waals surface area contributed by atoms with Crippen LogP contribution in [0.3, 0.4) is 0 Å². The second kappa shape index (κ2) is 11.5. The number of likely N-dealkylation sites (tertiary alicyclic amines) is 1. The number of piperazine rings is 1. The molecule has 2 fully saturated rings. The molecule has 0 spiro atoms. The molecule has 4 aromatic rings. The normalized spacial score (nSPS) is 18.9. The molecule has 0 radical (unpaired) electrons. The van der Waals surface area contributed by atoms with Gasteiger partial charge >= 0.3 is 6.09 Å². The van der Waals surface area contributed by atoms with E-state index in [1.54, 1.807) is 21.2 Å². The monoisotopic (exact) mass is 653 g/mol. The predicted octanol–water partition coefficient (Wildman–Crippen LogP) is 5.84. The number of rotatable bonds is 7. The van der Waals surface area contributed by atoms with Gasteiger partial charge in [-0.3, -0.25) is 14.0 Å². The average molecular weight is 654 g/mol. The molecule has 242 valence electrons. The van der Waals surface area contributed by atoms with Crippen LogP contribution in [0.5, 0.6) is 0 Å². The van der Waals surface area contributed by atoms with Gasteiger partial charge in [0.2, 0.25) is 5.95 Å². The molecule has 0 N–H and O–H groups in total. The molecule has 45 heavy (non-hydrogen) atoms. The van der Waals surface area contributed by atoms with Crippen molar-refractivity contribution in [3.8, 4) is 11.1 Å². The van der Waals surface area contributed by atoms with Crippen molar-refractivity contribution in [2.45, 2.75) is 83.7 Å². The van der Waals surface area contributed by atoms with Crippen LogP contribution in [0, 0.1) is 0 Å². The maximum atomic E-state index is 14.3. The van der Waals surface area contributed by atoms with Gasteiger partial charge in [0.15, 0.2) is 5.65 Å². The largest absolute Gasteiger partial charge is 0.444 e. The first-order valence-electron chi connectivity index (χ1n) is 15.7. The lowest BCUT2D eigenvalue weighted by molar-refractivity contribution is 0.0208. The zero-order valence-corrected chi connectivity index (χ0v) is 29.3. The average Bonchev–Trinajstić information content (AvgIpc) is 3.57. The standard InChI is InChI=1S/C32H44ClN7O4Si/c1-32(2,3)44-31(42)38-15-20-9-10-21(16-38)40(20)30-34-28-26(29(41)37(30)5)23(18-39(28)19-43-13-14-45(6,7)8)22-11-12-25-24(27(22)33)17-36(4)35-25/h11-12,17-18,20-21H,9-10,13-16,19H2,1-8H3. The zero-order valence-electron chi connectivity index (χ0n) is 27.6. The number of ether oxygens (including phenoxy) is 2. The van der Waals surface area contributed by atoms with E-state index in [1.165, 1.54) is 0 Å². The molecule has 5 heterocycles. The Labute approximate surface area is 269 Å². The lowest BCUT2D eigenvalue weighted by Crippen LogP contribution is -2.57. The fraction of sp³-hybridized carbons (Fsp3) is 0.562. The number of amides is 1. The smallest absolute Gasteiger partial charge is 0.410 e. The number of carbonyl (C=O) groups excluding carboxylic acids is 1. The topological polar surface area (TPSA) is 99.6 Å². The summed E-state index contributed by atoms with van der Waals surface area (Å²) in [7, 11) is 2.36. The molecule has 2 aliphatic heterocycles. The second-order valence-electron chi connectivity index (χ2n) is 14.7. The van der Waals surface area contributed by atoms with Crippen LogP contribution >= 0.6 is 11.6 Å². The van der Waals surface area contributed by atoms with E-state index in [9.17, 15) is 9.59 Å². The van der Waals surface area contributed by atoms with Crippen molar-refractivity contribution in [3.63, 3.8) is 0 Å². The minimum Gasteiger partial charge on any atom is -0.444 e. The number of hydrogen-bond donors (Lipinski definition) is 0. The first kappa shape index (κ1) is 31.6. The van der Waals surface area contributed by atoms with Crippen LogP contribution < -0.4 is 10.5 Å². The number of aromatic nitrogens is 5. The second-order valence-corrected chi connectivity index (χ2v) is 20.7. The number of carbonyl (C=O) groups is 1. The van der Waals surface area contributed by atoms with Gasteiger partial charge in [-0.15, -0.1) is 0 Å². The zero-order chi connectivity index (χ0) is 32.4. The Morgan fingerprint density at radius 2 is 1.76 bits per heavy atom. The number of hydrogen-bond acceptors (Lipinski definition) is 7. The van der Waals surface area contributed by atoms with Gasteiger partial charge in [0.05, 0.1) is 28.0 Å². The molecule has 2 saturated heterocycles. The summed E-state index contributed by atoms with van der Waals surface area (Å²) in [6.07, 6.45) is 5.35. The Balaban J connectivity index is 1.42. The molecular weight excluding hydrogens is 610 g/mol. The highest BCUT2D eigenvalue weighted by Crippen LogP contribution is 2.39. The van der Waals surface area contributed by atoms with Crippen LogP contribution in [0.2, 0.25) is 30.7 Å². The van der Waals surface area contributed by atoms with Crippen molar-refractivity contribution in [2.24, 2.45) is 14.1 Å². The molecule has 0 saturated carbocycles. The van der Waals surface area contributed by atoms with Gasteiger partial charge in [0.1, 0.15) is 12.3 Å². The molecule has 3 aromatic heterocycles. The molecule has 2 bridgehead atoms. The Morgan fingerprint density at radius 1 is 1.07 bits per heavy atom. The van der Waals surface area contributed by atoms with Crippen LogP contribution in [-0.4, -0.2) is 80.3 Å². The summed E-state index contributed by atoms with van der Waals surface area (Å²) in [6, 6.07) is 4.95. The van der Waals surface area contributed by atoms with E-state index in [0.29, 0.717) is 47.3 Å². The highest BCUT2D eigenvalue weighted by Gasteiger charge is 2.44. The van der Waals surface area contributed by atoms with Crippen molar-refractivity contribution in [1.29, 1.82) is 0 Å². The molecule has 6 rings (SSSR count). The van der Waals surface area contributed by atoms with E-state index < -0.39 is 13.7 Å². The first-order chi connectivity index (χ1) is 21.1. The van der Waals surface area contributed by atoms with E-state index in [-0.39, 0.29) is 30.5 Å². The number of fused-ring (bicyclic) bond motifs is 4. The molecule has 11 nitrogen and oxygen atoms in total. The van der Waals surface area contributed by atoms with Crippen molar-refractivity contribution in [3.05, 3.63) is 39.9 Å². The lowest BCUT2D eigenvalue weighted by Gasteiger charge is -2.42. The molecule has 2 aliphatic rings. The fourth-order valence-electron chi connectivity index (χ4n) is 6.47. The van der Waals surface area contributed by atoms with Crippen LogP contribution in [0.15, 0.2) is 29.3 Å². The van der Waals surface area contributed by atoms with Crippen LogP contribution in [0.4, 0.5) is 10.7 Å². The van der Waals surface area contributed by atoms with Gasteiger partial charge in [0.25, 0.3) is 5.56 Å². The summed E-state index contributed by atoms with van der Waals surface area (Å²) in [4.78, 5) is 36.5. The SMILES string of the molecule is Cn1cc2c(Cl)c(-c3cn(COCC[Si](C)(C)C)c4nc(N5C6CCC5CN(C(=O)OC(C)(C)C)C6)n(C)c(=O)c34)ccc2n1. The van der Waals surface area contributed by atoms with Crippen molar-refractivity contribution in [2.75, 3.05) is 24.6 Å². The molecule has 0 aliphatic carbocycles. The van der Waals surface area contributed by atoms with Crippen molar-refractivity contribution in [1.82, 2.24) is 28.8 Å². The molecule has 1 amide bonds. The van der Waals surface area contributed by atoms with Crippen molar-refractivity contribution < 1.29 is 14.3 Å². The quantitative estimate of drug-likeness (QED) is 0.182. The van der Waals surface area contributed by atoms with E-state index in [2.05, 4.69) is 29.6 Å². The predicted molar refractivity (Wildman–Crippen MR) is 181 cm³/mol. The summed E-state index contributed by atoms with van der Waals surface area (Å²) in [6.45, 7) is 14.6. The highest BCUT2D eigenvalue weighted by molar-refractivity contribution is 6.76. The molecular formula is C32H44ClN7O4Si. The summed E-state index contributed by atoms with van der Waals surface area (Å²) >= 11 is 6.98. The summed E-state index contributed by atoms with van der Waals surface area (Å²) < 4.78 is 17.2. The third kappa shape index (κ3) is 6.11. The number of nitrogens with zero attached hydrogens (tertiary/aromatic N) is 7. The van der Waals surface area contributed by atoms with E-state index in [1.807, 2.05) is 56.9 Å². The number of benzene rings is 1. The van der Waals surface area contributed by atoms with Gasteiger partial charge in [0, 0.05) is 70.8 Å². The summed E-state index contributed by atoms with van der Waals surface area (Å²) in [5, 5.41) is 6.36. The van der Waals surface area contributed by atoms with Gasteiger partial charge < -0.3 is 23.8 Å². The summed E-state index contributed by atoms with van der Waals surface area (Å²) in [5.74, 6) is 0.602. The third-order valence-electron chi connectivity index (χ3n) is 8.69. The minimum absolute atomic E-state index is 0.0325. The molecule has 1 aromatic carbocycles. The van der Waals surface area contributed by atoms with Crippen LogP contribution in [0.1, 0.15) is 33.6 Å². The van der Waals surface area contributed by atoms with Gasteiger partial charge in [-0.25, -0.2) is 4.79 Å². The third-order valence-corrected chi connectivity index (χ3v) is 10.8. The van der Waals surface area contributed by atoms with Gasteiger partial charge in [-0.2, -0.15) is 10.1 Å². The van der Waals surface area contributed by atoms with Crippen LogP contribution in [-0.2, 0) is 30.3 Å². The van der Waals surface area contributed by atoms with E-state index >= 15 is 0 Å². The number of anilines is 1. The highest BCUT2D eigenvalue weighted by atomic mass is 35.5. The number of aryl methyl sites for hydroxylation is 1. The maximum absolute atomic E-state index is 14.3. The molecule has 2 atom stereocenters. The van der Waals surface area contributed by atoms with Gasteiger partial charge in [-0.1, -0.05) is 37.3 Å². The van der Waals surface area contributed by atoms with E-state index in [0.717, 1.165) is 35.4 Å². The molecule has 13 heteroatoms. The molecule has 2 unspecified atom stereocenters. The van der Waals surface area contributed by atoms with Crippen molar-refractivity contribution >= 4 is 53.7 Å². The maximum Gasteiger partial charge on any atom is 0.410 e. The minimum atomic E-state index is -1.28. The first-order valence-corrected chi connectivity index (χ1v) is 19.8. The Kier molecular flexibility index (Phi) is 8.06. The summed E-state index contributed by atoms with van der Waals surface area (Å²) in [5.41, 5.74) is 2.11. The fourth-order valence-corrected chi connectivity index (χ4v) is 7.54. The Bertz CT molecular complexity index is 1820. The Hall–Kier alpha value is -3.35. The number of halogens is 1. The van der Waals surface area contributed by atoms with E-state index in [4.69, 9.17) is 26.1 Å². The lowest BCUT2D eigenvalue weighted by atomic mass is 10.0.